The molecule has 0 amide bonds. The van der Waals surface area contributed by atoms with Crippen LogP contribution in [0.3, 0.4) is 0 Å². The number of azo groups is 1. The Morgan fingerprint density at radius 3 is 2.26 bits per heavy atom. The van der Waals surface area contributed by atoms with Crippen molar-refractivity contribution in [3.05, 3.63) is 55.0 Å². The fourth-order valence-electron chi connectivity index (χ4n) is 2.24. The van der Waals surface area contributed by atoms with Gasteiger partial charge in [-0.2, -0.15) is 0 Å². The summed E-state index contributed by atoms with van der Waals surface area (Å²) in [4.78, 5) is 12.1. The molecule has 2 N–H and O–H groups in total. The molecule has 0 aromatic heterocycles. The van der Waals surface area contributed by atoms with Crippen LogP contribution < -0.4 is 4.90 Å². The van der Waals surface area contributed by atoms with Crippen LogP contribution >= 0.6 is 39.1 Å². The van der Waals surface area contributed by atoms with Crippen molar-refractivity contribution in [2.24, 2.45) is 10.2 Å². The van der Waals surface area contributed by atoms with Gasteiger partial charge in [0.1, 0.15) is 11.4 Å². The summed E-state index contributed by atoms with van der Waals surface area (Å²) in [7, 11) is 0. The topological polar surface area (TPSA) is 112 Å². The number of benzene rings is 2. The quantitative estimate of drug-likeness (QED) is 0.320. The number of rotatable bonds is 8. The van der Waals surface area contributed by atoms with Crippen LogP contribution in [0.2, 0.25) is 10.0 Å². The summed E-state index contributed by atoms with van der Waals surface area (Å²) in [5, 5.41) is 37.5. The molecule has 0 atom stereocenters. The normalized spacial score (nSPS) is 11.1. The number of non-ortho nitro benzene ring substituents is 1. The Morgan fingerprint density at radius 2 is 1.74 bits per heavy atom. The second kappa shape index (κ2) is 9.95. The predicted molar refractivity (Wildman–Crippen MR) is 108 cm³/mol. The van der Waals surface area contributed by atoms with Gasteiger partial charge in [0.25, 0.3) is 5.69 Å². The highest BCUT2D eigenvalue weighted by atomic mass is 79.9. The van der Waals surface area contributed by atoms with Crippen molar-refractivity contribution in [3.63, 3.8) is 0 Å². The van der Waals surface area contributed by atoms with Gasteiger partial charge in [-0.15, -0.1) is 10.2 Å². The summed E-state index contributed by atoms with van der Waals surface area (Å²) >= 11 is 15.5. The fourth-order valence-corrected chi connectivity index (χ4v) is 3.35. The molecule has 27 heavy (non-hydrogen) atoms. The van der Waals surface area contributed by atoms with Gasteiger partial charge in [-0.05, 0) is 34.1 Å². The molecule has 2 aromatic carbocycles. The molecule has 0 saturated heterocycles. The van der Waals surface area contributed by atoms with Gasteiger partial charge in [-0.1, -0.05) is 23.2 Å². The number of halogens is 3. The van der Waals surface area contributed by atoms with Crippen LogP contribution in [0.5, 0.6) is 0 Å². The molecule has 2 aromatic rings. The van der Waals surface area contributed by atoms with Crippen LogP contribution in [0, 0.1) is 10.1 Å². The first-order chi connectivity index (χ1) is 12.9. The van der Waals surface area contributed by atoms with Crippen molar-refractivity contribution in [1.29, 1.82) is 0 Å². The molecule has 0 unspecified atom stereocenters. The number of hydrogen-bond acceptors (Lipinski definition) is 7. The summed E-state index contributed by atoms with van der Waals surface area (Å²) in [6.45, 7) is 0.573. The smallest absolute Gasteiger partial charge is 0.272 e. The third-order valence-corrected chi connectivity index (χ3v) is 4.70. The number of hydrogen-bond donors (Lipinski definition) is 2. The van der Waals surface area contributed by atoms with Crippen molar-refractivity contribution in [2.75, 3.05) is 31.2 Å². The van der Waals surface area contributed by atoms with Crippen LogP contribution in [-0.4, -0.2) is 41.4 Å². The summed E-state index contributed by atoms with van der Waals surface area (Å²) in [5.41, 5.74) is 1.16. The third kappa shape index (κ3) is 5.60. The van der Waals surface area contributed by atoms with E-state index < -0.39 is 4.92 Å². The number of nitro groups is 1. The van der Waals surface area contributed by atoms with Crippen LogP contribution in [-0.2, 0) is 0 Å². The highest BCUT2D eigenvalue weighted by molar-refractivity contribution is 9.10. The van der Waals surface area contributed by atoms with Gasteiger partial charge < -0.3 is 15.1 Å². The van der Waals surface area contributed by atoms with Gasteiger partial charge in [0.15, 0.2) is 0 Å². The van der Waals surface area contributed by atoms with E-state index in [1.165, 1.54) is 12.1 Å². The summed E-state index contributed by atoms with van der Waals surface area (Å²) < 4.78 is 0.329. The van der Waals surface area contributed by atoms with E-state index in [4.69, 9.17) is 33.4 Å². The number of nitro benzene ring substituents is 1. The molecule has 8 nitrogen and oxygen atoms in total. The standard InChI is InChI=1S/C16H15BrCl2N4O4/c17-12-7-11(23(26)27)9-14(19)16(12)21-20-15-2-1-10(8-13(15)18)22(3-5-24)4-6-25/h1-2,7-9,24-25H,3-6H2. The van der Waals surface area contributed by atoms with Gasteiger partial charge in [-0.25, -0.2) is 0 Å². The maximum absolute atomic E-state index is 10.8. The maximum Gasteiger partial charge on any atom is 0.272 e. The fraction of sp³-hybridized carbons (Fsp3) is 0.250. The van der Waals surface area contributed by atoms with Crippen molar-refractivity contribution >= 4 is 61.9 Å². The molecule has 0 heterocycles. The monoisotopic (exact) mass is 476 g/mol. The second-order valence-corrected chi connectivity index (χ2v) is 6.95. The zero-order valence-corrected chi connectivity index (χ0v) is 16.9. The number of aliphatic hydroxyl groups is 2. The van der Waals surface area contributed by atoms with Gasteiger partial charge in [-0.3, -0.25) is 10.1 Å². The zero-order chi connectivity index (χ0) is 20.0. The molecule has 0 fully saturated rings. The average molecular weight is 478 g/mol. The molecule has 0 aliphatic carbocycles. The summed E-state index contributed by atoms with van der Waals surface area (Å²) in [6.07, 6.45) is 0. The number of anilines is 1. The Balaban J connectivity index is 2.29. The van der Waals surface area contributed by atoms with Crippen LogP contribution in [0.1, 0.15) is 0 Å². The van der Waals surface area contributed by atoms with Gasteiger partial charge in [0.05, 0.1) is 32.7 Å². The minimum absolute atomic E-state index is 0.0637. The molecular formula is C16H15BrCl2N4O4. The second-order valence-electron chi connectivity index (χ2n) is 5.29. The van der Waals surface area contributed by atoms with E-state index in [1.54, 1.807) is 23.1 Å². The first-order valence-electron chi connectivity index (χ1n) is 7.68. The Labute approximate surface area is 173 Å². The Bertz CT molecular complexity index is 837. The molecule has 0 radical (unpaired) electrons. The van der Waals surface area contributed by atoms with E-state index in [0.717, 1.165) is 5.69 Å². The Morgan fingerprint density at radius 1 is 1.07 bits per heavy atom. The largest absolute Gasteiger partial charge is 0.395 e. The first kappa shape index (κ1) is 21.5. The molecule has 0 saturated carbocycles. The maximum atomic E-state index is 10.8. The van der Waals surface area contributed by atoms with E-state index >= 15 is 0 Å². The van der Waals surface area contributed by atoms with Gasteiger partial charge in [0.2, 0.25) is 0 Å². The minimum Gasteiger partial charge on any atom is -0.395 e. The third-order valence-electron chi connectivity index (χ3n) is 3.51. The van der Waals surface area contributed by atoms with Crippen molar-refractivity contribution < 1.29 is 15.1 Å². The summed E-state index contributed by atoms with van der Waals surface area (Å²) in [5.74, 6) is 0. The summed E-state index contributed by atoms with van der Waals surface area (Å²) in [6, 6.07) is 7.49. The average Bonchev–Trinajstić information content (AvgIpc) is 2.61. The zero-order valence-electron chi connectivity index (χ0n) is 13.8. The Kier molecular flexibility index (Phi) is 7.93. The number of nitrogens with zero attached hydrogens (tertiary/aromatic N) is 4. The molecule has 0 bridgehead atoms. The first-order valence-corrected chi connectivity index (χ1v) is 9.23. The lowest BCUT2D eigenvalue weighted by atomic mass is 10.2. The molecule has 0 spiro atoms. The van der Waals surface area contributed by atoms with Crippen molar-refractivity contribution in [3.8, 4) is 0 Å². The SMILES string of the molecule is O=[N+]([O-])c1cc(Cl)c(N=Nc2ccc(N(CCO)CCO)cc2Cl)c(Br)c1. The van der Waals surface area contributed by atoms with Crippen LogP contribution in [0.15, 0.2) is 45.0 Å². The molecule has 0 aliphatic rings. The molecule has 0 aliphatic heterocycles. The predicted octanol–water partition coefficient (Wildman–Crippen LogP) is 4.87. The highest BCUT2D eigenvalue weighted by Crippen LogP contribution is 2.39. The molecule has 2 rings (SSSR count). The van der Waals surface area contributed by atoms with E-state index in [9.17, 15) is 10.1 Å². The lowest BCUT2D eigenvalue weighted by Gasteiger charge is -2.23. The van der Waals surface area contributed by atoms with Crippen molar-refractivity contribution in [1.82, 2.24) is 0 Å². The van der Waals surface area contributed by atoms with E-state index in [0.29, 0.717) is 28.3 Å². The molecule has 144 valence electrons. The van der Waals surface area contributed by atoms with Gasteiger partial charge in [0, 0.05) is 30.9 Å². The number of aliphatic hydroxyl groups excluding tert-OH is 2. The van der Waals surface area contributed by atoms with Gasteiger partial charge >= 0.3 is 0 Å². The minimum atomic E-state index is -0.558. The van der Waals surface area contributed by atoms with Crippen LogP contribution in [0.4, 0.5) is 22.7 Å². The Hall–Kier alpha value is -1.78. The van der Waals surface area contributed by atoms with E-state index in [2.05, 4.69) is 26.2 Å². The van der Waals surface area contributed by atoms with E-state index in [-0.39, 0.29) is 29.6 Å². The molecule has 11 heteroatoms. The lowest BCUT2D eigenvalue weighted by molar-refractivity contribution is -0.384. The lowest BCUT2D eigenvalue weighted by Crippen LogP contribution is -2.29. The molecular weight excluding hydrogens is 463 g/mol. The van der Waals surface area contributed by atoms with Crippen LogP contribution in [0.25, 0.3) is 0 Å². The highest BCUT2D eigenvalue weighted by Gasteiger charge is 2.14. The van der Waals surface area contributed by atoms with Crippen molar-refractivity contribution in [2.45, 2.75) is 0 Å². The van der Waals surface area contributed by atoms with E-state index in [1.807, 2.05) is 0 Å².